The average Bonchev–Trinajstić information content (AvgIpc) is 2.17. The Labute approximate surface area is 78.7 Å². The molecule has 0 amide bonds. The molecular formula is C11H14N2. The van der Waals surface area contributed by atoms with E-state index in [0.717, 1.165) is 18.5 Å². The fourth-order valence-electron chi connectivity index (χ4n) is 1.62. The van der Waals surface area contributed by atoms with Crippen LogP contribution in [0.3, 0.4) is 0 Å². The van der Waals surface area contributed by atoms with Gasteiger partial charge in [0.2, 0.25) is 0 Å². The second-order valence-electron chi connectivity index (χ2n) is 3.35. The van der Waals surface area contributed by atoms with E-state index in [1.54, 1.807) is 0 Å². The number of anilines is 2. The van der Waals surface area contributed by atoms with Gasteiger partial charge in [0.25, 0.3) is 0 Å². The monoisotopic (exact) mass is 174 g/mol. The van der Waals surface area contributed by atoms with Crippen LogP contribution in [0.15, 0.2) is 30.5 Å². The maximum Gasteiger partial charge on any atom is 0.0415 e. The maximum absolute atomic E-state index is 3.93. The molecule has 1 aliphatic rings. The molecule has 0 bridgehead atoms. The minimum absolute atomic E-state index is 1.04. The van der Waals surface area contributed by atoms with E-state index in [2.05, 4.69) is 35.4 Å². The fraction of sp³-hybridized carbons (Fsp3) is 0.273. The molecule has 0 radical (unpaired) electrons. The highest BCUT2D eigenvalue weighted by molar-refractivity contribution is 5.63. The first-order chi connectivity index (χ1) is 6.29. The lowest BCUT2D eigenvalue weighted by Gasteiger charge is -2.20. The molecular weight excluding hydrogens is 160 g/mol. The number of nitrogens with one attached hydrogen (secondary N) is 2. The van der Waals surface area contributed by atoms with E-state index in [4.69, 9.17) is 0 Å². The molecule has 2 heteroatoms. The fourth-order valence-corrected chi connectivity index (χ4v) is 1.62. The van der Waals surface area contributed by atoms with Crippen molar-refractivity contribution in [2.45, 2.75) is 12.8 Å². The van der Waals surface area contributed by atoms with E-state index in [9.17, 15) is 0 Å². The standard InChI is InChI=1S/C11H14N2/c1-8-3-4-9-7-10(12-2)5-6-11(9)13-8/h5-7,12-13H,1,3-4H2,2H3. The molecule has 2 rings (SSSR count). The smallest absolute Gasteiger partial charge is 0.0415 e. The number of aryl methyl sites for hydroxylation is 1. The number of hydrogen-bond donors (Lipinski definition) is 2. The largest absolute Gasteiger partial charge is 0.388 e. The lowest BCUT2D eigenvalue weighted by molar-refractivity contribution is 0.919. The van der Waals surface area contributed by atoms with Crippen LogP contribution in [0, 0.1) is 0 Å². The third-order valence-corrected chi connectivity index (χ3v) is 2.40. The van der Waals surface area contributed by atoms with E-state index in [0.29, 0.717) is 0 Å². The molecule has 0 aromatic heterocycles. The van der Waals surface area contributed by atoms with Crippen molar-refractivity contribution in [1.82, 2.24) is 0 Å². The van der Waals surface area contributed by atoms with Crippen molar-refractivity contribution < 1.29 is 0 Å². The van der Waals surface area contributed by atoms with Crippen LogP contribution in [-0.4, -0.2) is 7.05 Å². The molecule has 1 aliphatic heterocycles. The Hall–Kier alpha value is -1.44. The zero-order valence-electron chi connectivity index (χ0n) is 7.85. The molecule has 68 valence electrons. The third-order valence-electron chi connectivity index (χ3n) is 2.40. The molecule has 1 heterocycles. The maximum atomic E-state index is 3.93. The lowest BCUT2D eigenvalue weighted by atomic mass is 10.0. The second kappa shape index (κ2) is 3.13. The molecule has 0 saturated heterocycles. The van der Waals surface area contributed by atoms with Crippen LogP contribution in [0.25, 0.3) is 0 Å². The summed E-state index contributed by atoms with van der Waals surface area (Å²) in [5.41, 5.74) is 4.87. The SMILES string of the molecule is C=C1CCc2cc(NC)ccc2N1. The van der Waals surface area contributed by atoms with Crippen LogP contribution in [0.2, 0.25) is 0 Å². The van der Waals surface area contributed by atoms with E-state index in [1.807, 2.05) is 7.05 Å². The second-order valence-corrected chi connectivity index (χ2v) is 3.35. The Kier molecular flexibility index (Phi) is 1.97. The van der Waals surface area contributed by atoms with Crippen LogP contribution < -0.4 is 10.6 Å². The Morgan fingerprint density at radius 3 is 3.00 bits per heavy atom. The summed E-state index contributed by atoms with van der Waals surface area (Å²) >= 11 is 0. The van der Waals surface area contributed by atoms with Gasteiger partial charge in [0.05, 0.1) is 0 Å². The first-order valence-electron chi connectivity index (χ1n) is 4.55. The van der Waals surface area contributed by atoms with Crippen molar-refractivity contribution in [2.75, 3.05) is 17.7 Å². The molecule has 1 aromatic carbocycles. The Bertz CT molecular complexity index is 342. The molecule has 0 atom stereocenters. The molecule has 0 fully saturated rings. The zero-order valence-corrected chi connectivity index (χ0v) is 7.85. The molecule has 0 aliphatic carbocycles. The van der Waals surface area contributed by atoms with Crippen LogP contribution in [0.5, 0.6) is 0 Å². The molecule has 1 aromatic rings. The number of benzene rings is 1. The summed E-state index contributed by atoms with van der Waals surface area (Å²) in [6, 6.07) is 6.37. The number of rotatable bonds is 1. The van der Waals surface area contributed by atoms with Gasteiger partial charge in [0.15, 0.2) is 0 Å². The highest BCUT2D eigenvalue weighted by Crippen LogP contribution is 2.28. The Balaban J connectivity index is 2.36. The molecule has 0 saturated carbocycles. The zero-order chi connectivity index (χ0) is 9.26. The predicted molar refractivity (Wildman–Crippen MR) is 57.1 cm³/mol. The molecule has 13 heavy (non-hydrogen) atoms. The van der Waals surface area contributed by atoms with Crippen molar-refractivity contribution in [3.05, 3.63) is 36.0 Å². The minimum Gasteiger partial charge on any atom is -0.388 e. The predicted octanol–water partition coefficient (Wildman–Crippen LogP) is 2.60. The van der Waals surface area contributed by atoms with Crippen LogP contribution in [0.4, 0.5) is 11.4 Å². The summed E-state index contributed by atoms with van der Waals surface area (Å²) in [4.78, 5) is 0. The Morgan fingerprint density at radius 1 is 1.38 bits per heavy atom. The van der Waals surface area contributed by atoms with E-state index in [-0.39, 0.29) is 0 Å². The highest BCUT2D eigenvalue weighted by Gasteiger charge is 2.10. The van der Waals surface area contributed by atoms with E-state index in [1.165, 1.54) is 16.9 Å². The van der Waals surface area contributed by atoms with Crippen LogP contribution in [-0.2, 0) is 6.42 Å². The van der Waals surface area contributed by atoms with Gasteiger partial charge in [-0.3, -0.25) is 0 Å². The van der Waals surface area contributed by atoms with Gasteiger partial charge in [-0.15, -0.1) is 0 Å². The molecule has 2 N–H and O–H groups in total. The lowest BCUT2D eigenvalue weighted by Crippen LogP contribution is -2.09. The van der Waals surface area contributed by atoms with Crippen LogP contribution >= 0.6 is 0 Å². The first-order valence-corrected chi connectivity index (χ1v) is 4.55. The summed E-state index contributed by atoms with van der Waals surface area (Å²) in [7, 11) is 1.94. The van der Waals surface area contributed by atoms with Crippen molar-refractivity contribution in [3.63, 3.8) is 0 Å². The number of fused-ring (bicyclic) bond motifs is 1. The Morgan fingerprint density at radius 2 is 2.23 bits per heavy atom. The van der Waals surface area contributed by atoms with Crippen molar-refractivity contribution >= 4 is 11.4 Å². The van der Waals surface area contributed by atoms with Gasteiger partial charge < -0.3 is 10.6 Å². The molecule has 2 nitrogen and oxygen atoms in total. The summed E-state index contributed by atoms with van der Waals surface area (Å²) in [6.45, 7) is 3.93. The van der Waals surface area contributed by atoms with Gasteiger partial charge in [-0.1, -0.05) is 6.58 Å². The summed E-state index contributed by atoms with van der Waals surface area (Å²) in [6.07, 6.45) is 2.14. The number of hydrogen-bond acceptors (Lipinski definition) is 2. The quantitative estimate of drug-likeness (QED) is 0.683. The van der Waals surface area contributed by atoms with Gasteiger partial charge in [-0.25, -0.2) is 0 Å². The van der Waals surface area contributed by atoms with Crippen LogP contribution in [0.1, 0.15) is 12.0 Å². The van der Waals surface area contributed by atoms with Gasteiger partial charge in [0.1, 0.15) is 0 Å². The minimum atomic E-state index is 1.04. The van der Waals surface area contributed by atoms with Gasteiger partial charge >= 0.3 is 0 Å². The third kappa shape index (κ3) is 1.52. The average molecular weight is 174 g/mol. The van der Waals surface area contributed by atoms with Gasteiger partial charge in [0, 0.05) is 24.1 Å². The normalized spacial score (nSPS) is 14.7. The van der Waals surface area contributed by atoms with Crippen molar-refractivity contribution in [2.24, 2.45) is 0 Å². The van der Waals surface area contributed by atoms with Gasteiger partial charge in [-0.2, -0.15) is 0 Å². The van der Waals surface area contributed by atoms with Crippen molar-refractivity contribution in [3.8, 4) is 0 Å². The molecule has 0 unspecified atom stereocenters. The topological polar surface area (TPSA) is 24.1 Å². The van der Waals surface area contributed by atoms with E-state index >= 15 is 0 Å². The summed E-state index contributed by atoms with van der Waals surface area (Å²) < 4.78 is 0. The molecule has 0 spiro atoms. The highest BCUT2D eigenvalue weighted by atomic mass is 14.9. The van der Waals surface area contributed by atoms with E-state index < -0.39 is 0 Å². The summed E-state index contributed by atoms with van der Waals surface area (Å²) in [5.74, 6) is 0. The summed E-state index contributed by atoms with van der Waals surface area (Å²) in [5, 5.41) is 6.43. The van der Waals surface area contributed by atoms with Gasteiger partial charge in [-0.05, 0) is 36.6 Å². The first kappa shape index (κ1) is 8.17. The number of allylic oxidation sites excluding steroid dienone is 1. The van der Waals surface area contributed by atoms with Crippen molar-refractivity contribution in [1.29, 1.82) is 0 Å².